The molecule has 3 aromatic rings. The van der Waals surface area contributed by atoms with Gasteiger partial charge in [0.15, 0.2) is 5.13 Å². The van der Waals surface area contributed by atoms with Gasteiger partial charge >= 0.3 is 5.97 Å². The van der Waals surface area contributed by atoms with E-state index in [9.17, 15) is 17.6 Å². The second kappa shape index (κ2) is 13.2. The highest BCUT2D eigenvalue weighted by Crippen LogP contribution is 2.36. The molecule has 0 spiro atoms. The SMILES string of the molecule is CCOC(=O)CNCCCCc1cc(Cl)ccc1Oc1cc(F)c(S(=O)(=O)Nc2nccs2)cc1Cl. The zero-order valence-electron chi connectivity index (χ0n) is 19.2. The van der Waals surface area contributed by atoms with Crippen molar-refractivity contribution in [2.24, 2.45) is 0 Å². The van der Waals surface area contributed by atoms with Crippen molar-refractivity contribution in [1.82, 2.24) is 10.3 Å². The number of nitrogens with zero attached hydrogens (tertiary/aromatic N) is 1. The van der Waals surface area contributed by atoms with Gasteiger partial charge in [-0.3, -0.25) is 9.52 Å². The van der Waals surface area contributed by atoms with Crippen molar-refractivity contribution in [3.05, 3.63) is 63.3 Å². The monoisotopic (exact) mass is 575 g/mol. The summed E-state index contributed by atoms with van der Waals surface area (Å²) in [6, 6.07) is 6.93. The summed E-state index contributed by atoms with van der Waals surface area (Å²) in [6.07, 6.45) is 3.56. The van der Waals surface area contributed by atoms with E-state index in [4.69, 9.17) is 32.7 Å². The zero-order valence-corrected chi connectivity index (χ0v) is 22.4. The fraction of sp³-hybridized carbons (Fsp3) is 0.304. The smallest absolute Gasteiger partial charge is 0.319 e. The van der Waals surface area contributed by atoms with E-state index in [0.29, 0.717) is 30.3 Å². The van der Waals surface area contributed by atoms with Gasteiger partial charge in [-0.1, -0.05) is 23.2 Å². The maximum Gasteiger partial charge on any atom is 0.319 e. The number of rotatable bonds is 13. The quantitative estimate of drug-likeness (QED) is 0.200. The molecular formula is C23H24Cl2FN3O5S2. The lowest BCUT2D eigenvalue weighted by atomic mass is 10.1. The average Bonchev–Trinajstić information content (AvgIpc) is 3.32. The van der Waals surface area contributed by atoms with Crippen molar-refractivity contribution in [2.75, 3.05) is 24.4 Å². The molecule has 0 amide bonds. The van der Waals surface area contributed by atoms with Crippen LogP contribution in [0.25, 0.3) is 0 Å². The van der Waals surface area contributed by atoms with Crippen LogP contribution in [0.3, 0.4) is 0 Å². The van der Waals surface area contributed by atoms with Crippen molar-refractivity contribution in [3.8, 4) is 11.5 Å². The number of carbonyl (C=O) groups excluding carboxylic acids is 1. The Morgan fingerprint density at radius 2 is 1.97 bits per heavy atom. The molecule has 3 rings (SSSR count). The molecule has 0 fully saturated rings. The van der Waals surface area contributed by atoms with Crippen LogP contribution in [-0.2, 0) is 26.0 Å². The third-order valence-corrected chi connectivity index (χ3v) is 7.50. The number of anilines is 1. The summed E-state index contributed by atoms with van der Waals surface area (Å²) < 4.78 is 52.9. The highest BCUT2D eigenvalue weighted by molar-refractivity contribution is 7.93. The molecule has 2 N–H and O–H groups in total. The maximum atomic E-state index is 14.8. The van der Waals surface area contributed by atoms with Crippen LogP contribution in [0.4, 0.5) is 9.52 Å². The third kappa shape index (κ3) is 8.04. The summed E-state index contributed by atoms with van der Waals surface area (Å²) >= 11 is 13.5. The minimum absolute atomic E-state index is 0.0398. The molecule has 1 heterocycles. The number of aromatic nitrogens is 1. The van der Waals surface area contributed by atoms with Crippen molar-refractivity contribution in [3.63, 3.8) is 0 Å². The number of carbonyl (C=O) groups is 1. The summed E-state index contributed by atoms with van der Waals surface area (Å²) in [5.41, 5.74) is 0.770. The molecule has 0 aliphatic heterocycles. The fourth-order valence-corrected chi connectivity index (χ4v) is 5.50. The van der Waals surface area contributed by atoms with Crippen LogP contribution in [-0.4, -0.2) is 39.1 Å². The molecule has 0 saturated heterocycles. The van der Waals surface area contributed by atoms with Gasteiger partial charge in [0.1, 0.15) is 22.2 Å². The predicted molar refractivity (Wildman–Crippen MR) is 138 cm³/mol. The summed E-state index contributed by atoms with van der Waals surface area (Å²) in [7, 11) is -4.24. The van der Waals surface area contributed by atoms with E-state index in [0.717, 1.165) is 41.9 Å². The Labute approximate surface area is 222 Å². The van der Waals surface area contributed by atoms with E-state index in [1.807, 2.05) is 0 Å². The first-order valence-corrected chi connectivity index (χ1v) is 14.1. The van der Waals surface area contributed by atoms with Crippen LogP contribution in [0.5, 0.6) is 11.5 Å². The highest BCUT2D eigenvalue weighted by Gasteiger charge is 2.23. The number of benzene rings is 2. The lowest BCUT2D eigenvalue weighted by Crippen LogP contribution is -2.25. The van der Waals surface area contributed by atoms with E-state index in [1.54, 1.807) is 30.5 Å². The molecular weight excluding hydrogens is 552 g/mol. The van der Waals surface area contributed by atoms with E-state index in [-0.39, 0.29) is 28.4 Å². The molecule has 13 heteroatoms. The van der Waals surface area contributed by atoms with Crippen LogP contribution in [0.2, 0.25) is 10.0 Å². The van der Waals surface area contributed by atoms with Crippen LogP contribution >= 0.6 is 34.5 Å². The number of aryl methyl sites for hydroxylation is 1. The van der Waals surface area contributed by atoms with Crippen LogP contribution in [0.15, 0.2) is 46.8 Å². The Bertz CT molecular complexity index is 1290. The Hall–Kier alpha value is -2.44. The Kier molecular flexibility index (Phi) is 10.3. The zero-order chi connectivity index (χ0) is 26.1. The molecule has 2 aromatic carbocycles. The predicted octanol–water partition coefficient (Wildman–Crippen LogP) is 5.66. The van der Waals surface area contributed by atoms with Crippen LogP contribution < -0.4 is 14.8 Å². The lowest BCUT2D eigenvalue weighted by molar-refractivity contribution is -0.141. The van der Waals surface area contributed by atoms with Crippen LogP contribution in [0.1, 0.15) is 25.3 Å². The van der Waals surface area contributed by atoms with E-state index >= 15 is 0 Å². The highest BCUT2D eigenvalue weighted by atomic mass is 35.5. The van der Waals surface area contributed by atoms with Gasteiger partial charge < -0.3 is 14.8 Å². The second-order valence-corrected chi connectivity index (χ2v) is 10.8. The van der Waals surface area contributed by atoms with E-state index in [2.05, 4.69) is 15.0 Å². The molecule has 8 nitrogen and oxygen atoms in total. The number of unbranched alkanes of at least 4 members (excludes halogenated alkanes) is 1. The average molecular weight is 576 g/mol. The minimum Gasteiger partial charge on any atom is -0.465 e. The van der Waals surface area contributed by atoms with Crippen molar-refractivity contribution in [1.29, 1.82) is 0 Å². The van der Waals surface area contributed by atoms with Crippen LogP contribution in [0, 0.1) is 5.82 Å². The van der Waals surface area contributed by atoms with E-state index in [1.165, 1.54) is 6.20 Å². The van der Waals surface area contributed by atoms with Gasteiger partial charge in [-0.2, -0.15) is 0 Å². The maximum absolute atomic E-state index is 14.8. The molecule has 0 aliphatic rings. The molecule has 0 bridgehead atoms. The Balaban J connectivity index is 1.67. The first kappa shape index (κ1) is 28.1. The summed E-state index contributed by atoms with van der Waals surface area (Å²) in [4.78, 5) is 14.6. The Morgan fingerprint density at radius 1 is 1.17 bits per heavy atom. The van der Waals surface area contributed by atoms with Crippen molar-refractivity contribution >= 4 is 55.7 Å². The fourth-order valence-electron chi connectivity index (χ4n) is 3.17. The topological polar surface area (TPSA) is 107 Å². The molecule has 0 atom stereocenters. The number of sulfonamides is 1. The van der Waals surface area contributed by atoms with Gasteiger partial charge in [0.25, 0.3) is 10.0 Å². The number of thiazole rings is 1. The molecule has 0 unspecified atom stereocenters. The standard InChI is InChI=1S/C23H24Cl2FN3O5S2/c1-2-33-22(30)14-27-8-4-3-5-15-11-16(24)6-7-19(15)34-20-13-18(26)21(12-17(20)25)36(31,32)29-23-28-9-10-35-23/h6-7,9-13,27H,2-5,8,14H2,1H3,(H,28,29). The van der Waals surface area contributed by atoms with Gasteiger partial charge in [0, 0.05) is 22.7 Å². The number of halogens is 3. The van der Waals surface area contributed by atoms with Crippen molar-refractivity contribution in [2.45, 2.75) is 31.1 Å². The van der Waals surface area contributed by atoms with Gasteiger partial charge in [-0.25, -0.2) is 17.8 Å². The molecule has 0 radical (unpaired) electrons. The summed E-state index contributed by atoms with van der Waals surface area (Å²) in [5.74, 6) is -0.953. The second-order valence-electron chi connectivity index (χ2n) is 7.45. The lowest BCUT2D eigenvalue weighted by Gasteiger charge is -2.14. The molecule has 1 aromatic heterocycles. The first-order chi connectivity index (χ1) is 17.2. The number of ether oxygens (including phenoxy) is 2. The van der Waals surface area contributed by atoms with Gasteiger partial charge in [0.05, 0.1) is 18.2 Å². The minimum atomic E-state index is -4.24. The normalized spacial score (nSPS) is 11.3. The van der Waals surface area contributed by atoms with Crippen molar-refractivity contribution < 1.29 is 27.1 Å². The number of hydrogen-bond acceptors (Lipinski definition) is 8. The Morgan fingerprint density at radius 3 is 2.69 bits per heavy atom. The number of nitrogens with one attached hydrogen (secondary N) is 2. The largest absolute Gasteiger partial charge is 0.465 e. The number of esters is 1. The third-order valence-electron chi connectivity index (χ3n) is 4.80. The summed E-state index contributed by atoms with van der Waals surface area (Å²) in [6.45, 7) is 2.86. The van der Waals surface area contributed by atoms with Gasteiger partial charge in [-0.05, 0) is 62.6 Å². The number of hydrogen-bond donors (Lipinski definition) is 2. The molecule has 0 saturated carbocycles. The van der Waals surface area contributed by atoms with Gasteiger partial charge in [-0.15, -0.1) is 11.3 Å². The first-order valence-electron chi connectivity index (χ1n) is 10.9. The van der Waals surface area contributed by atoms with E-state index < -0.39 is 20.7 Å². The molecule has 0 aliphatic carbocycles. The van der Waals surface area contributed by atoms with Gasteiger partial charge in [0.2, 0.25) is 0 Å². The summed E-state index contributed by atoms with van der Waals surface area (Å²) in [5, 5.41) is 5.13. The molecule has 194 valence electrons. The molecule has 36 heavy (non-hydrogen) atoms.